The molecule has 0 aliphatic rings. The first kappa shape index (κ1) is 13.9. The molecule has 1 aromatic rings. The van der Waals surface area contributed by atoms with Crippen LogP contribution >= 0.6 is 11.3 Å². The number of nitrogens with one attached hydrogen (secondary N) is 2. The van der Waals surface area contributed by atoms with Crippen molar-refractivity contribution in [2.45, 2.75) is 39.3 Å². The van der Waals surface area contributed by atoms with Gasteiger partial charge in [-0.2, -0.15) is 0 Å². The van der Waals surface area contributed by atoms with Gasteiger partial charge in [-0.15, -0.1) is 11.3 Å². The van der Waals surface area contributed by atoms with E-state index in [-0.39, 0.29) is 18.7 Å². The molecule has 0 aromatic carbocycles. The van der Waals surface area contributed by atoms with Crippen molar-refractivity contribution in [3.8, 4) is 0 Å². The van der Waals surface area contributed by atoms with Gasteiger partial charge in [-0.1, -0.05) is 13.8 Å². The van der Waals surface area contributed by atoms with Crippen molar-refractivity contribution in [1.29, 1.82) is 0 Å². The first-order valence-corrected chi connectivity index (χ1v) is 6.60. The Morgan fingerprint density at radius 3 is 2.88 bits per heavy atom. The van der Waals surface area contributed by atoms with Crippen molar-refractivity contribution in [3.63, 3.8) is 0 Å². The number of hydrogen-bond acceptors (Lipinski definition) is 4. The lowest BCUT2D eigenvalue weighted by molar-refractivity contribution is 0.214. The molecule has 0 aliphatic heterocycles. The van der Waals surface area contributed by atoms with Crippen LogP contribution in [0.25, 0.3) is 0 Å². The van der Waals surface area contributed by atoms with Crippen LogP contribution in [-0.4, -0.2) is 28.8 Å². The first-order chi connectivity index (χ1) is 8.19. The van der Waals surface area contributed by atoms with Crippen LogP contribution in [-0.2, 0) is 13.0 Å². The Morgan fingerprint density at radius 1 is 1.59 bits per heavy atom. The summed E-state index contributed by atoms with van der Waals surface area (Å²) in [5.41, 5.74) is 0. The third kappa shape index (κ3) is 4.70. The predicted octanol–water partition coefficient (Wildman–Crippen LogP) is 1.28. The Labute approximate surface area is 105 Å². The van der Waals surface area contributed by atoms with Crippen LogP contribution in [0.3, 0.4) is 0 Å². The van der Waals surface area contributed by atoms with Crippen molar-refractivity contribution < 1.29 is 9.90 Å². The van der Waals surface area contributed by atoms with Gasteiger partial charge >= 0.3 is 6.03 Å². The number of rotatable bonds is 6. The Bertz CT molecular complexity index is 350. The number of aromatic nitrogens is 1. The fourth-order valence-corrected chi connectivity index (χ4v) is 2.06. The fraction of sp³-hybridized carbons (Fsp3) is 0.636. The summed E-state index contributed by atoms with van der Waals surface area (Å²) in [5.74, 6) is 0. The molecule has 1 rings (SSSR count). The number of carbonyl (C=O) groups excluding carboxylic acids is 1. The van der Waals surface area contributed by atoms with E-state index < -0.39 is 0 Å². The second-order valence-electron chi connectivity index (χ2n) is 3.69. The average molecular weight is 257 g/mol. The standard InChI is InChI=1S/C11H19N3O2S/c1-3-8(7-15)14-11(16)13-6-10-12-5-9(4-2)17-10/h5,8,15H,3-4,6-7H2,1-2H3,(H2,13,14,16)/t8-/m0/s1. The highest BCUT2D eigenvalue weighted by Gasteiger charge is 2.09. The van der Waals surface area contributed by atoms with Gasteiger partial charge in [0, 0.05) is 11.1 Å². The number of carbonyl (C=O) groups is 1. The van der Waals surface area contributed by atoms with Crippen LogP contribution < -0.4 is 10.6 Å². The molecular weight excluding hydrogens is 238 g/mol. The summed E-state index contributed by atoms with van der Waals surface area (Å²) in [7, 11) is 0. The van der Waals surface area contributed by atoms with Gasteiger partial charge in [-0.3, -0.25) is 0 Å². The Morgan fingerprint density at radius 2 is 2.35 bits per heavy atom. The van der Waals surface area contributed by atoms with Gasteiger partial charge in [0.2, 0.25) is 0 Å². The maximum Gasteiger partial charge on any atom is 0.315 e. The lowest BCUT2D eigenvalue weighted by Gasteiger charge is -2.14. The Kier molecular flexibility index (Phi) is 5.93. The molecule has 1 aromatic heterocycles. The summed E-state index contributed by atoms with van der Waals surface area (Å²) in [5, 5.41) is 15.2. The summed E-state index contributed by atoms with van der Waals surface area (Å²) < 4.78 is 0. The van der Waals surface area contributed by atoms with Gasteiger partial charge in [-0.25, -0.2) is 9.78 Å². The molecule has 6 heteroatoms. The van der Waals surface area contributed by atoms with Crippen molar-refractivity contribution in [3.05, 3.63) is 16.1 Å². The number of hydrogen-bond donors (Lipinski definition) is 3. The first-order valence-electron chi connectivity index (χ1n) is 5.78. The van der Waals surface area contributed by atoms with Crippen molar-refractivity contribution in [1.82, 2.24) is 15.6 Å². The molecule has 0 saturated heterocycles. The van der Waals surface area contributed by atoms with E-state index in [9.17, 15) is 4.79 Å². The van der Waals surface area contributed by atoms with Gasteiger partial charge in [-0.05, 0) is 12.8 Å². The quantitative estimate of drug-likeness (QED) is 0.718. The minimum Gasteiger partial charge on any atom is -0.394 e. The molecule has 1 atom stereocenters. The van der Waals surface area contributed by atoms with Crippen LogP contribution in [0.15, 0.2) is 6.20 Å². The third-order valence-electron chi connectivity index (χ3n) is 2.40. The highest BCUT2D eigenvalue weighted by atomic mass is 32.1. The zero-order chi connectivity index (χ0) is 12.7. The number of thiazole rings is 1. The van der Waals surface area contributed by atoms with Gasteiger partial charge in [0.05, 0.1) is 19.2 Å². The van der Waals surface area contributed by atoms with E-state index in [1.165, 1.54) is 4.88 Å². The molecule has 0 unspecified atom stereocenters. The molecule has 0 spiro atoms. The molecule has 96 valence electrons. The molecule has 17 heavy (non-hydrogen) atoms. The van der Waals surface area contributed by atoms with E-state index in [2.05, 4.69) is 22.5 Å². The van der Waals surface area contributed by atoms with E-state index in [1.807, 2.05) is 13.1 Å². The highest BCUT2D eigenvalue weighted by Crippen LogP contribution is 2.12. The summed E-state index contributed by atoms with van der Waals surface area (Å²) in [6.45, 7) is 4.37. The van der Waals surface area contributed by atoms with E-state index in [4.69, 9.17) is 5.11 Å². The number of nitrogens with zero attached hydrogens (tertiary/aromatic N) is 1. The summed E-state index contributed by atoms with van der Waals surface area (Å²) in [4.78, 5) is 16.9. The number of aryl methyl sites for hydroxylation is 1. The minimum absolute atomic E-state index is 0.0405. The summed E-state index contributed by atoms with van der Waals surface area (Å²) in [6, 6.07) is -0.448. The van der Waals surface area contributed by atoms with Crippen molar-refractivity contribution in [2.24, 2.45) is 0 Å². The smallest absolute Gasteiger partial charge is 0.315 e. The van der Waals surface area contributed by atoms with Crippen molar-refractivity contribution in [2.75, 3.05) is 6.61 Å². The third-order valence-corrected chi connectivity index (χ3v) is 3.54. The monoisotopic (exact) mass is 257 g/mol. The highest BCUT2D eigenvalue weighted by molar-refractivity contribution is 7.11. The molecule has 0 aliphatic carbocycles. The zero-order valence-corrected chi connectivity index (χ0v) is 11.0. The topological polar surface area (TPSA) is 74.2 Å². The number of aliphatic hydroxyl groups excluding tert-OH is 1. The van der Waals surface area contributed by atoms with Crippen LogP contribution in [0.4, 0.5) is 4.79 Å². The molecule has 5 nitrogen and oxygen atoms in total. The lowest BCUT2D eigenvalue weighted by Crippen LogP contribution is -2.43. The van der Waals surface area contributed by atoms with Gasteiger partial charge in [0.15, 0.2) is 0 Å². The van der Waals surface area contributed by atoms with Gasteiger partial charge < -0.3 is 15.7 Å². The summed E-state index contributed by atoms with van der Waals surface area (Å²) >= 11 is 1.60. The van der Waals surface area contributed by atoms with Crippen LogP contribution in [0.1, 0.15) is 30.2 Å². The van der Waals surface area contributed by atoms with Crippen LogP contribution in [0.2, 0.25) is 0 Å². The fourth-order valence-electron chi connectivity index (χ4n) is 1.26. The lowest BCUT2D eigenvalue weighted by atomic mass is 10.2. The Hall–Kier alpha value is -1.14. The maximum absolute atomic E-state index is 11.5. The number of urea groups is 1. The molecule has 3 N–H and O–H groups in total. The van der Waals surface area contributed by atoms with E-state index in [0.29, 0.717) is 13.0 Å². The number of aliphatic hydroxyl groups is 1. The normalized spacial score (nSPS) is 12.2. The van der Waals surface area contributed by atoms with Crippen molar-refractivity contribution >= 4 is 17.4 Å². The molecule has 0 fully saturated rings. The summed E-state index contributed by atoms with van der Waals surface area (Å²) in [6.07, 6.45) is 3.51. The van der Waals surface area contributed by atoms with E-state index in [0.717, 1.165) is 11.4 Å². The zero-order valence-electron chi connectivity index (χ0n) is 10.2. The molecule has 0 saturated carbocycles. The molecule has 1 heterocycles. The van der Waals surface area contributed by atoms with Crippen LogP contribution in [0.5, 0.6) is 0 Å². The maximum atomic E-state index is 11.5. The average Bonchev–Trinajstić information content (AvgIpc) is 2.81. The van der Waals surface area contributed by atoms with E-state index in [1.54, 1.807) is 11.3 Å². The molecule has 2 amide bonds. The van der Waals surface area contributed by atoms with E-state index >= 15 is 0 Å². The second kappa shape index (κ2) is 7.24. The Balaban J connectivity index is 2.32. The van der Waals surface area contributed by atoms with Gasteiger partial charge in [0.1, 0.15) is 5.01 Å². The van der Waals surface area contributed by atoms with Gasteiger partial charge in [0.25, 0.3) is 0 Å². The SMILES string of the molecule is CCc1cnc(CNC(=O)N[C@@H](CC)CO)s1. The largest absolute Gasteiger partial charge is 0.394 e. The predicted molar refractivity (Wildman–Crippen MR) is 68.0 cm³/mol. The minimum atomic E-state index is -0.265. The second-order valence-corrected chi connectivity index (χ2v) is 4.89. The van der Waals surface area contributed by atoms with Crippen LogP contribution in [0, 0.1) is 0 Å². The number of amides is 2. The molecule has 0 bridgehead atoms. The molecular formula is C11H19N3O2S. The molecule has 0 radical (unpaired) electrons.